The molecule has 0 amide bonds. The highest BCUT2D eigenvalue weighted by atomic mass is 35.5. The summed E-state index contributed by atoms with van der Waals surface area (Å²) in [5, 5.41) is 4.26. The van der Waals surface area contributed by atoms with Crippen LogP contribution >= 0.6 is 23.7 Å². The fraction of sp³-hybridized carbons (Fsp3) is 0.310. The van der Waals surface area contributed by atoms with Crippen LogP contribution in [0.1, 0.15) is 38.8 Å². The summed E-state index contributed by atoms with van der Waals surface area (Å²) in [6.45, 7) is 11.9. The predicted octanol–water partition coefficient (Wildman–Crippen LogP) is 7.84. The molecule has 0 saturated carbocycles. The second kappa shape index (κ2) is 13.3. The third-order valence-electron chi connectivity index (χ3n) is 4.95. The highest BCUT2D eigenvalue weighted by Gasteiger charge is 2.05. The SMILES string of the molecule is CCN(CC=CC#CC(C)(C)C)Cc1cccc(COc2cccc(-c3ccsc3)c2)c1.Cl. The minimum absolute atomic E-state index is 0. The molecule has 0 N–H and O–H groups in total. The number of thiophene rings is 1. The molecule has 0 aliphatic carbocycles. The molecule has 0 fully saturated rings. The van der Waals surface area contributed by atoms with E-state index in [1.165, 1.54) is 22.3 Å². The van der Waals surface area contributed by atoms with Gasteiger partial charge in [0.25, 0.3) is 0 Å². The van der Waals surface area contributed by atoms with E-state index in [2.05, 4.69) is 110 Å². The number of likely N-dealkylation sites (N-methyl/N-ethyl adjacent to an activating group) is 1. The Morgan fingerprint density at radius 2 is 1.79 bits per heavy atom. The van der Waals surface area contributed by atoms with Gasteiger partial charge in [-0.1, -0.05) is 61.2 Å². The van der Waals surface area contributed by atoms with Crippen molar-refractivity contribution in [2.45, 2.75) is 40.8 Å². The maximum absolute atomic E-state index is 6.10. The molecule has 33 heavy (non-hydrogen) atoms. The molecular weight excluding hydrogens is 446 g/mol. The Balaban J connectivity index is 0.00000385. The van der Waals surface area contributed by atoms with Crippen LogP contribution in [-0.4, -0.2) is 18.0 Å². The summed E-state index contributed by atoms with van der Waals surface area (Å²) < 4.78 is 6.10. The van der Waals surface area contributed by atoms with Crippen molar-refractivity contribution < 1.29 is 4.74 Å². The molecule has 3 rings (SSSR count). The van der Waals surface area contributed by atoms with Crippen LogP contribution in [0.2, 0.25) is 0 Å². The monoisotopic (exact) mass is 479 g/mol. The van der Waals surface area contributed by atoms with E-state index in [1.807, 2.05) is 12.1 Å². The normalized spacial score (nSPS) is 11.2. The van der Waals surface area contributed by atoms with Crippen LogP contribution in [0.4, 0.5) is 0 Å². The second-order valence-electron chi connectivity index (χ2n) is 8.90. The Kier molecular flexibility index (Phi) is 10.7. The van der Waals surface area contributed by atoms with Gasteiger partial charge >= 0.3 is 0 Å². The van der Waals surface area contributed by atoms with Gasteiger partial charge in [-0.25, -0.2) is 0 Å². The molecule has 0 aliphatic heterocycles. The summed E-state index contributed by atoms with van der Waals surface area (Å²) in [6.07, 6.45) is 4.12. The van der Waals surface area contributed by atoms with Gasteiger partial charge in [-0.05, 0) is 84.6 Å². The number of benzene rings is 2. The Hall–Kier alpha value is -2.51. The lowest BCUT2D eigenvalue weighted by Crippen LogP contribution is -2.22. The molecule has 0 aliphatic rings. The van der Waals surface area contributed by atoms with Crippen molar-refractivity contribution in [1.29, 1.82) is 0 Å². The third-order valence-corrected chi connectivity index (χ3v) is 5.63. The van der Waals surface area contributed by atoms with Crippen LogP contribution in [0.15, 0.2) is 77.5 Å². The van der Waals surface area contributed by atoms with E-state index in [9.17, 15) is 0 Å². The van der Waals surface area contributed by atoms with E-state index < -0.39 is 0 Å². The Morgan fingerprint density at radius 1 is 1.00 bits per heavy atom. The number of hydrogen-bond acceptors (Lipinski definition) is 3. The molecule has 1 heterocycles. The highest BCUT2D eigenvalue weighted by molar-refractivity contribution is 7.08. The maximum Gasteiger partial charge on any atom is 0.120 e. The molecule has 0 bridgehead atoms. The molecular formula is C29H34ClNOS. The lowest BCUT2D eigenvalue weighted by molar-refractivity contribution is 0.302. The molecule has 2 aromatic carbocycles. The van der Waals surface area contributed by atoms with Crippen molar-refractivity contribution in [3.63, 3.8) is 0 Å². The first-order valence-electron chi connectivity index (χ1n) is 11.2. The van der Waals surface area contributed by atoms with Crippen LogP contribution in [0, 0.1) is 17.3 Å². The summed E-state index contributed by atoms with van der Waals surface area (Å²) in [4.78, 5) is 2.40. The minimum atomic E-state index is 0. The van der Waals surface area contributed by atoms with Crippen LogP contribution in [0.25, 0.3) is 11.1 Å². The zero-order valence-electron chi connectivity index (χ0n) is 20.0. The Labute approximate surface area is 209 Å². The number of allylic oxidation sites excluding steroid dienone is 1. The van der Waals surface area contributed by atoms with Crippen molar-refractivity contribution in [3.05, 3.63) is 88.6 Å². The summed E-state index contributed by atoms with van der Waals surface area (Å²) in [5.41, 5.74) is 4.96. The summed E-state index contributed by atoms with van der Waals surface area (Å²) >= 11 is 1.71. The lowest BCUT2D eigenvalue weighted by atomic mass is 9.98. The Bertz CT molecular complexity index is 1070. The third kappa shape index (κ3) is 9.48. The van der Waals surface area contributed by atoms with Gasteiger partial charge in [0.05, 0.1) is 0 Å². The van der Waals surface area contributed by atoms with Gasteiger partial charge < -0.3 is 4.74 Å². The smallest absolute Gasteiger partial charge is 0.120 e. The number of rotatable bonds is 9. The Morgan fingerprint density at radius 3 is 2.52 bits per heavy atom. The van der Waals surface area contributed by atoms with Crippen LogP contribution in [-0.2, 0) is 13.2 Å². The molecule has 0 unspecified atom stereocenters. The van der Waals surface area contributed by atoms with Crippen LogP contribution < -0.4 is 4.74 Å². The van der Waals surface area contributed by atoms with Crippen molar-refractivity contribution in [3.8, 4) is 28.7 Å². The molecule has 4 heteroatoms. The molecule has 174 valence electrons. The van der Waals surface area contributed by atoms with Gasteiger partial charge in [-0.3, -0.25) is 4.90 Å². The lowest BCUT2D eigenvalue weighted by Gasteiger charge is -2.19. The highest BCUT2D eigenvalue weighted by Crippen LogP contribution is 2.26. The fourth-order valence-corrected chi connectivity index (χ4v) is 3.93. The van der Waals surface area contributed by atoms with Crippen LogP contribution in [0.3, 0.4) is 0 Å². The molecule has 0 atom stereocenters. The van der Waals surface area contributed by atoms with E-state index >= 15 is 0 Å². The molecule has 1 aromatic heterocycles. The first kappa shape index (κ1) is 26.7. The van der Waals surface area contributed by atoms with Crippen molar-refractivity contribution in [2.75, 3.05) is 13.1 Å². The molecule has 3 aromatic rings. The van der Waals surface area contributed by atoms with E-state index in [0.29, 0.717) is 6.61 Å². The van der Waals surface area contributed by atoms with Gasteiger partial charge in [0.15, 0.2) is 0 Å². The minimum Gasteiger partial charge on any atom is -0.489 e. The first-order valence-corrected chi connectivity index (χ1v) is 12.1. The molecule has 0 spiro atoms. The maximum atomic E-state index is 6.10. The number of nitrogens with zero attached hydrogens (tertiary/aromatic N) is 1. The van der Waals surface area contributed by atoms with Crippen LogP contribution in [0.5, 0.6) is 5.75 Å². The quantitative estimate of drug-likeness (QED) is 0.290. The van der Waals surface area contributed by atoms with Gasteiger partial charge in [-0.2, -0.15) is 11.3 Å². The zero-order chi connectivity index (χ0) is 22.8. The number of halogens is 1. The van der Waals surface area contributed by atoms with Crippen molar-refractivity contribution >= 4 is 23.7 Å². The average Bonchev–Trinajstić information content (AvgIpc) is 3.31. The summed E-state index contributed by atoms with van der Waals surface area (Å²) in [6, 6.07) is 19.1. The fourth-order valence-electron chi connectivity index (χ4n) is 3.26. The summed E-state index contributed by atoms with van der Waals surface area (Å²) in [7, 11) is 0. The number of hydrogen-bond donors (Lipinski definition) is 0. The first-order chi connectivity index (χ1) is 15.4. The van der Waals surface area contributed by atoms with E-state index in [1.54, 1.807) is 11.3 Å². The van der Waals surface area contributed by atoms with Gasteiger partial charge in [0.1, 0.15) is 12.4 Å². The predicted molar refractivity (Wildman–Crippen MR) is 145 cm³/mol. The standard InChI is InChI=1S/C29H33NOS.ClH/c1-5-30(17-8-6-7-16-29(2,3)4)21-24-11-9-12-25(19-24)22-31-28-14-10-13-26(20-28)27-15-18-32-23-27;/h6,8-15,18-20,23H,5,17,21-22H2,1-4H3;1H. The van der Waals surface area contributed by atoms with Crippen molar-refractivity contribution in [1.82, 2.24) is 4.90 Å². The topological polar surface area (TPSA) is 12.5 Å². The van der Waals surface area contributed by atoms with E-state index in [0.717, 1.165) is 25.4 Å². The van der Waals surface area contributed by atoms with Gasteiger partial charge in [0, 0.05) is 18.5 Å². The van der Waals surface area contributed by atoms with Gasteiger partial charge in [-0.15, -0.1) is 12.4 Å². The van der Waals surface area contributed by atoms with Crippen molar-refractivity contribution in [2.24, 2.45) is 5.41 Å². The largest absolute Gasteiger partial charge is 0.489 e. The van der Waals surface area contributed by atoms with E-state index in [-0.39, 0.29) is 17.8 Å². The molecule has 0 saturated heterocycles. The molecule has 2 nitrogen and oxygen atoms in total. The zero-order valence-corrected chi connectivity index (χ0v) is 21.6. The average molecular weight is 480 g/mol. The second-order valence-corrected chi connectivity index (χ2v) is 9.68. The molecule has 0 radical (unpaired) electrons. The summed E-state index contributed by atoms with van der Waals surface area (Å²) in [5.74, 6) is 7.29. The number of ether oxygens (including phenoxy) is 1. The van der Waals surface area contributed by atoms with E-state index in [4.69, 9.17) is 4.74 Å². The van der Waals surface area contributed by atoms with Gasteiger partial charge in [0.2, 0.25) is 0 Å².